The lowest BCUT2D eigenvalue weighted by Crippen LogP contribution is -2.38. The molecule has 0 bridgehead atoms. The predicted molar refractivity (Wildman–Crippen MR) is 90.8 cm³/mol. The summed E-state index contributed by atoms with van der Waals surface area (Å²) >= 11 is 0. The number of hydrogen-bond acceptors (Lipinski definition) is 3. The highest BCUT2D eigenvalue weighted by molar-refractivity contribution is 5.79. The third kappa shape index (κ3) is 8.89. The number of aliphatic imine (C=N–C) groups is 1. The Labute approximate surface area is 128 Å². The minimum absolute atomic E-state index is 0.716. The maximum atomic E-state index is 4.23. The fourth-order valence-electron chi connectivity index (χ4n) is 1.84. The van der Waals surface area contributed by atoms with E-state index in [1.165, 1.54) is 0 Å². The van der Waals surface area contributed by atoms with Crippen molar-refractivity contribution < 1.29 is 0 Å². The van der Waals surface area contributed by atoms with Crippen LogP contribution < -0.4 is 16.0 Å². The number of pyridine rings is 1. The van der Waals surface area contributed by atoms with Crippen molar-refractivity contribution in [2.24, 2.45) is 10.9 Å². The molecule has 0 radical (unpaired) electrons. The second-order valence-corrected chi connectivity index (χ2v) is 5.46. The van der Waals surface area contributed by atoms with Gasteiger partial charge in [0.05, 0.1) is 0 Å². The van der Waals surface area contributed by atoms with Crippen LogP contribution in [0.2, 0.25) is 0 Å². The van der Waals surface area contributed by atoms with Crippen LogP contribution in [0.1, 0.15) is 33.1 Å². The van der Waals surface area contributed by atoms with Crippen molar-refractivity contribution in [1.29, 1.82) is 0 Å². The minimum Gasteiger partial charge on any atom is -0.370 e. The Morgan fingerprint density at radius 1 is 1.14 bits per heavy atom. The molecule has 0 aliphatic carbocycles. The Bertz CT molecular complexity index is 389. The summed E-state index contributed by atoms with van der Waals surface area (Å²) < 4.78 is 0. The van der Waals surface area contributed by atoms with Gasteiger partial charge in [-0.3, -0.25) is 4.99 Å². The van der Waals surface area contributed by atoms with Crippen molar-refractivity contribution >= 4 is 11.8 Å². The normalized spacial score (nSPS) is 11.5. The van der Waals surface area contributed by atoms with Gasteiger partial charge >= 0.3 is 0 Å². The van der Waals surface area contributed by atoms with Crippen LogP contribution in [-0.2, 0) is 0 Å². The number of hydrogen-bond donors (Lipinski definition) is 3. The van der Waals surface area contributed by atoms with Crippen molar-refractivity contribution in [2.45, 2.75) is 33.1 Å². The zero-order valence-corrected chi connectivity index (χ0v) is 13.5. The topological polar surface area (TPSA) is 61.3 Å². The SMILES string of the molecule is CN=C(NCCCCNc1ccccn1)NCCC(C)C. The molecule has 0 amide bonds. The molecular formula is C16H29N5. The smallest absolute Gasteiger partial charge is 0.190 e. The molecule has 0 atom stereocenters. The minimum atomic E-state index is 0.716. The zero-order valence-electron chi connectivity index (χ0n) is 13.5. The molecule has 0 saturated carbocycles. The molecule has 5 heteroatoms. The van der Waals surface area contributed by atoms with Gasteiger partial charge in [-0.1, -0.05) is 19.9 Å². The summed E-state index contributed by atoms with van der Waals surface area (Å²) in [5.74, 6) is 2.55. The van der Waals surface area contributed by atoms with Crippen molar-refractivity contribution in [3.8, 4) is 0 Å². The maximum Gasteiger partial charge on any atom is 0.190 e. The van der Waals surface area contributed by atoms with E-state index in [1.54, 1.807) is 6.20 Å². The standard InChI is InChI=1S/C16H29N5/c1-14(2)9-13-21-16(17-3)20-12-7-6-11-19-15-8-4-5-10-18-15/h4-5,8,10,14H,6-7,9,11-13H2,1-3H3,(H,18,19)(H2,17,20,21). The van der Waals surface area contributed by atoms with Crippen LogP contribution in [0.4, 0.5) is 5.82 Å². The van der Waals surface area contributed by atoms with Gasteiger partial charge in [-0.15, -0.1) is 0 Å². The lowest BCUT2D eigenvalue weighted by atomic mass is 10.1. The maximum absolute atomic E-state index is 4.23. The molecule has 0 fully saturated rings. The first-order valence-corrected chi connectivity index (χ1v) is 7.81. The second kappa shape index (κ2) is 10.9. The molecule has 0 aliphatic heterocycles. The number of nitrogens with zero attached hydrogens (tertiary/aromatic N) is 2. The molecule has 0 spiro atoms. The predicted octanol–water partition coefficient (Wildman–Crippen LogP) is 2.48. The van der Waals surface area contributed by atoms with Crippen LogP contribution >= 0.6 is 0 Å². The van der Waals surface area contributed by atoms with E-state index >= 15 is 0 Å². The number of unbranched alkanes of at least 4 members (excludes halogenated alkanes) is 1. The highest BCUT2D eigenvalue weighted by atomic mass is 15.2. The van der Waals surface area contributed by atoms with E-state index in [0.29, 0.717) is 5.92 Å². The first-order chi connectivity index (χ1) is 10.2. The first-order valence-electron chi connectivity index (χ1n) is 7.81. The van der Waals surface area contributed by atoms with Crippen molar-refractivity contribution in [3.05, 3.63) is 24.4 Å². The largest absolute Gasteiger partial charge is 0.370 e. The fraction of sp³-hybridized carbons (Fsp3) is 0.625. The summed E-state index contributed by atoms with van der Waals surface area (Å²) in [6, 6.07) is 5.90. The molecule has 0 saturated heterocycles. The molecule has 0 aromatic carbocycles. The molecule has 0 unspecified atom stereocenters. The lowest BCUT2D eigenvalue weighted by Gasteiger charge is -2.12. The summed E-state index contributed by atoms with van der Waals surface area (Å²) in [6.07, 6.45) is 5.17. The van der Waals surface area contributed by atoms with Crippen molar-refractivity contribution in [1.82, 2.24) is 15.6 Å². The summed E-state index contributed by atoms with van der Waals surface area (Å²) in [5.41, 5.74) is 0. The van der Waals surface area contributed by atoms with Crippen LogP contribution in [0.5, 0.6) is 0 Å². The third-order valence-corrected chi connectivity index (χ3v) is 3.10. The van der Waals surface area contributed by atoms with Gasteiger partial charge in [0.25, 0.3) is 0 Å². The molecule has 1 rings (SSSR count). The van der Waals surface area contributed by atoms with Gasteiger partial charge in [-0.25, -0.2) is 4.98 Å². The van der Waals surface area contributed by atoms with Crippen LogP contribution in [-0.4, -0.2) is 37.6 Å². The van der Waals surface area contributed by atoms with E-state index < -0.39 is 0 Å². The van der Waals surface area contributed by atoms with E-state index in [4.69, 9.17) is 0 Å². The summed E-state index contributed by atoms with van der Waals surface area (Å²) in [6.45, 7) is 7.31. The van der Waals surface area contributed by atoms with Crippen LogP contribution in [0.3, 0.4) is 0 Å². The van der Waals surface area contributed by atoms with Gasteiger partial charge in [0, 0.05) is 32.9 Å². The molecule has 3 N–H and O–H groups in total. The number of nitrogens with one attached hydrogen (secondary N) is 3. The average Bonchev–Trinajstić information content (AvgIpc) is 2.49. The Kier molecular flexibility index (Phi) is 9.00. The van der Waals surface area contributed by atoms with Crippen molar-refractivity contribution in [3.63, 3.8) is 0 Å². The van der Waals surface area contributed by atoms with E-state index in [9.17, 15) is 0 Å². The monoisotopic (exact) mass is 291 g/mol. The molecule has 21 heavy (non-hydrogen) atoms. The number of aromatic nitrogens is 1. The summed E-state index contributed by atoms with van der Waals surface area (Å²) in [5, 5.41) is 9.98. The average molecular weight is 291 g/mol. The number of anilines is 1. The fourth-order valence-corrected chi connectivity index (χ4v) is 1.84. The third-order valence-electron chi connectivity index (χ3n) is 3.10. The van der Waals surface area contributed by atoms with Gasteiger partial charge in [-0.2, -0.15) is 0 Å². The highest BCUT2D eigenvalue weighted by Crippen LogP contribution is 2.00. The molecule has 1 aromatic heterocycles. The van der Waals surface area contributed by atoms with E-state index in [-0.39, 0.29) is 0 Å². The van der Waals surface area contributed by atoms with Gasteiger partial charge in [0.15, 0.2) is 5.96 Å². The number of guanidine groups is 1. The lowest BCUT2D eigenvalue weighted by molar-refractivity contribution is 0.573. The van der Waals surface area contributed by atoms with E-state index in [2.05, 4.69) is 39.8 Å². The quantitative estimate of drug-likeness (QED) is 0.372. The van der Waals surface area contributed by atoms with Gasteiger partial charge in [-0.05, 0) is 37.3 Å². The van der Waals surface area contributed by atoms with Gasteiger partial charge in [0.2, 0.25) is 0 Å². The van der Waals surface area contributed by atoms with E-state index in [0.717, 1.165) is 50.7 Å². The van der Waals surface area contributed by atoms with Crippen molar-refractivity contribution in [2.75, 3.05) is 32.0 Å². The molecule has 0 aliphatic rings. The van der Waals surface area contributed by atoms with Crippen LogP contribution in [0.25, 0.3) is 0 Å². The zero-order chi connectivity index (χ0) is 15.3. The molecule has 1 heterocycles. The van der Waals surface area contributed by atoms with Crippen LogP contribution in [0.15, 0.2) is 29.4 Å². The Morgan fingerprint density at radius 3 is 2.57 bits per heavy atom. The second-order valence-electron chi connectivity index (χ2n) is 5.46. The number of rotatable bonds is 9. The van der Waals surface area contributed by atoms with Crippen LogP contribution in [0, 0.1) is 5.92 Å². The molecule has 118 valence electrons. The van der Waals surface area contributed by atoms with E-state index in [1.807, 2.05) is 25.2 Å². The first kappa shape index (κ1) is 17.3. The summed E-state index contributed by atoms with van der Waals surface area (Å²) in [4.78, 5) is 8.45. The highest BCUT2D eigenvalue weighted by Gasteiger charge is 1.98. The molecular weight excluding hydrogens is 262 g/mol. The molecule has 1 aromatic rings. The summed E-state index contributed by atoms with van der Waals surface area (Å²) in [7, 11) is 1.81. The molecule has 5 nitrogen and oxygen atoms in total. The van der Waals surface area contributed by atoms with Gasteiger partial charge in [0.1, 0.15) is 5.82 Å². The Morgan fingerprint density at radius 2 is 1.90 bits per heavy atom. The Hall–Kier alpha value is -1.78. The van der Waals surface area contributed by atoms with Gasteiger partial charge < -0.3 is 16.0 Å². The Balaban J connectivity index is 2.02.